The molecule has 0 spiro atoms. The zero-order valence-corrected chi connectivity index (χ0v) is 7.08. The van der Waals surface area contributed by atoms with Crippen LogP contribution in [0.15, 0.2) is 18.3 Å². The average molecular weight is 164 g/mol. The van der Waals surface area contributed by atoms with E-state index in [4.69, 9.17) is 4.74 Å². The van der Waals surface area contributed by atoms with Crippen molar-refractivity contribution in [2.75, 3.05) is 13.7 Å². The van der Waals surface area contributed by atoms with Crippen molar-refractivity contribution in [2.24, 2.45) is 0 Å². The molecular weight excluding hydrogens is 152 g/mol. The molecule has 1 atom stereocenters. The Morgan fingerprint density at radius 2 is 2.42 bits per heavy atom. The van der Waals surface area contributed by atoms with Gasteiger partial charge in [-0.15, -0.1) is 0 Å². The van der Waals surface area contributed by atoms with E-state index in [1.807, 2.05) is 12.1 Å². The summed E-state index contributed by atoms with van der Waals surface area (Å²) < 4.78 is 5.02. The van der Waals surface area contributed by atoms with Crippen LogP contribution in [0.4, 0.5) is 0 Å². The molecule has 1 N–H and O–H groups in total. The maximum absolute atomic E-state index is 5.02. The van der Waals surface area contributed by atoms with E-state index < -0.39 is 0 Å². The highest BCUT2D eigenvalue weighted by atomic mass is 16.5. The molecule has 3 nitrogen and oxygen atoms in total. The molecule has 2 heterocycles. The van der Waals surface area contributed by atoms with Crippen molar-refractivity contribution < 1.29 is 4.74 Å². The van der Waals surface area contributed by atoms with Crippen molar-refractivity contribution in [1.29, 1.82) is 0 Å². The number of hydrogen-bond acceptors (Lipinski definition) is 3. The van der Waals surface area contributed by atoms with Gasteiger partial charge < -0.3 is 10.1 Å². The van der Waals surface area contributed by atoms with Crippen LogP contribution in [0.2, 0.25) is 0 Å². The standard InChI is InChI=1S/C9H12N2O/c1-12-7-2-3-8(11-6-7)9-4-5-10-9/h2-3,6,9-10H,4-5H2,1H3. The van der Waals surface area contributed by atoms with Crippen molar-refractivity contribution in [3.05, 3.63) is 24.0 Å². The van der Waals surface area contributed by atoms with Gasteiger partial charge in [-0.3, -0.25) is 4.98 Å². The number of ether oxygens (including phenoxy) is 1. The highest BCUT2D eigenvalue weighted by Crippen LogP contribution is 2.21. The summed E-state index contributed by atoms with van der Waals surface area (Å²) in [7, 11) is 1.65. The van der Waals surface area contributed by atoms with Crippen LogP contribution in [0.5, 0.6) is 5.75 Å². The summed E-state index contributed by atoms with van der Waals surface area (Å²) >= 11 is 0. The first-order valence-corrected chi connectivity index (χ1v) is 4.13. The van der Waals surface area contributed by atoms with Crippen molar-refractivity contribution >= 4 is 0 Å². The first-order chi connectivity index (χ1) is 5.90. The van der Waals surface area contributed by atoms with Crippen LogP contribution in [-0.4, -0.2) is 18.6 Å². The summed E-state index contributed by atoms with van der Waals surface area (Å²) in [4.78, 5) is 4.28. The Morgan fingerprint density at radius 1 is 1.58 bits per heavy atom. The summed E-state index contributed by atoms with van der Waals surface area (Å²) in [6, 6.07) is 4.42. The Kier molecular flexibility index (Phi) is 1.96. The number of aromatic nitrogens is 1. The first-order valence-electron chi connectivity index (χ1n) is 4.13. The van der Waals surface area contributed by atoms with Gasteiger partial charge in [0.2, 0.25) is 0 Å². The predicted octanol–water partition coefficient (Wildman–Crippen LogP) is 1.12. The number of hydrogen-bond donors (Lipinski definition) is 1. The SMILES string of the molecule is COc1ccc(C2CCN2)nc1. The maximum Gasteiger partial charge on any atom is 0.137 e. The highest BCUT2D eigenvalue weighted by molar-refractivity contribution is 5.22. The number of nitrogens with one attached hydrogen (secondary N) is 1. The zero-order chi connectivity index (χ0) is 8.39. The molecule has 1 aliphatic heterocycles. The molecular formula is C9H12N2O. The van der Waals surface area contributed by atoms with Crippen molar-refractivity contribution in [3.8, 4) is 5.75 Å². The second kappa shape index (κ2) is 3.11. The molecule has 12 heavy (non-hydrogen) atoms. The number of nitrogens with zero attached hydrogens (tertiary/aromatic N) is 1. The van der Waals surface area contributed by atoms with E-state index in [0.717, 1.165) is 18.0 Å². The molecule has 0 aliphatic carbocycles. The van der Waals surface area contributed by atoms with E-state index in [1.165, 1.54) is 6.42 Å². The van der Waals surface area contributed by atoms with Gasteiger partial charge in [0.25, 0.3) is 0 Å². The van der Waals surface area contributed by atoms with Gasteiger partial charge in [0, 0.05) is 0 Å². The van der Waals surface area contributed by atoms with Crippen LogP contribution in [-0.2, 0) is 0 Å². The lowest BCUT2D eigenvalue weighted by atomic mass is 10.0. The molecule has 1 aliphatic rings. The third-order valence-electron chi connectivity index (χ3n) is 2.18. The molecule has 1 aromatic heterocycles. The van der Waals surface area contributed by atoms with E-state index in [-0.39, 0.29) is 0 Å². The van der Waals surface area contributed by atoms with Gasteiger partial charge in [0.05, 0.1) is 25.0 Å². The van der Waals surface area contributed by atoms with Gasteiger partial charge in [-0.1, -0.05) is 0 Å². The quantitative estimate of drug-likeness (QED) is 0.711. The normalized spacial score (nSPS) is 21.6. The summed E-state index contributed by atoms with van der Waals surface area (Å²) in [5, 5.41) is 3.30. The summed E-state index contributed by atoms with van der Waals surface area (Å²) in [6.45, 7) is 1.11. The maximum atomic E-state index is 5.02. The molecule has 3 heteroatoms. The van der Waals surface area contributed by atoms with Crippen LogP contribution in [0.25, 0.3) is 0 Å². The molecule has 0 amide bonds. The van der Waals surface area contributed by atoms with Crippen molar-refractivity contribution in [2.45, 2.75) is 12.5 Å². The topological polar surface area (TPSA) is 34.1 Å². The van der Waals surface area contributed by atoms with Gasteiger partial charge in [-0.2, -0.15) is 0 Å². The second-order valence-corrected chi connectivity index (χ2v) is 2.92. The lowest BCUT2D eigenvalue weighted by Crippen LogP contribution is -2.35. The summed E-state index contributed by atoms with van der Waals surface area (Å²) in [5.74, 6) is 0.818. The fraction of sp³-hybridized carbons (Fsp3) is 0.444. The Bertz CT molecular complexity index is 254. The minimum absolute atomic E-state index is 0.468. The van der Waals surface area contributed by atoms with Gasteiger partial charge in [-0.05, 0) is 25.1 Å². The lowest BCUT2D eigenvalue weighted by Gasteiger charge is -2.26. The second-order valence-electron chi connectivity index (χ2n) is 2.92. The Hall–Kier alpha value is -1.09. The molecule has 0 saturated carbocycles. The minimum Gasteiger partial charge on any atom is -0.495 e. The van der Waals surface area contributed by atoms with Gasteiger partial charge in [-0.25, -0.2) is 0 Å². The van der Waals surface area contributed by atoms with E-state index in [2.05, 4.69) is 10.3 Å². The van der Waals surface area contributed by atoms with E-state index in [0.29, 0.717) is 6.04 Å². The van der Waals surface area contributed by atoms with Gasteiger partial charge in [0.1, 0.15) is 5.75 Å². The van der Waals surface area contributed by atoms with Crippen molar-refractivity contribution in [3.63, 3.8) is 0 Å². The zero-order valence-electron chi connectivity index (χ0n) is 7.08. The monoisotopic (exact) mass is 164 g/mol. The third kappa shape index (κ3) is 1.28. The molecule has 1 unspecified atom stereocenters. The highest BCUT2D eigenvalue weighted by Gasteiger charge is 2.19. The fourth-order valence-electron chi connectivity index (χ4n) is 1.26. The summed E-state index contributed by atoms with van der Waals surface area (Å²) in [6.07, 6.45) is 2.95. The van der Waals surface area contributed by atoms with Gasteiger partial charge >= 0.3 is 0 Å². The van der Waals surface area contributed by atoms with Crippen LogP contribution in [0.3, 0.4) is 0 Å². The van der Waals surface area contributed by atoms with Crippen LogP contribution in [0, 0.1) is 0 Å². The first kappa shape index (κ1) is 7.55. The lowest BCUT2D eigenvalue weighted by molar-refractivity contribution is 0.372. The molecule has 2 rings (SSSR count). The number of rotatable bonds is 2. The minimum atomic E-state index is 0.468. The smallest absolute Gasteiger partial charge is 0.137 e. The Balaban J connectivity index is 2.13. The average Bonchev–Trinajstić information content (AvgIpc) is 2.03. The van der Waals surface area contributed by atoms with Crippen LogP contribution < -0.4 is 10.1 Å². The van der Waals surface area contributed by atoms with Crippen molar-refractivity contribution in [1.82, 2.24) is 10.3 Å². The fourth-order valence-corrected chi connectivity index (χ4v) is 1.26. The molecule has 1 aromatic rings. The van der Waals surface area contributed by atoms with E-state index in [9.17, 15) is 0 Å². The van der Waals surface area contributed by atoms with E-state index >= 15 is 0 Å². The Labute approximate surface area is 71.8 Å². The largest absolute Gasteiger partial charge is 0.495 e. The molecule has 1 saturated heterocycles. The van der Waals surface area contributed by atoms with Gasteiger partial charge in [0.15, 0.2) is 0 Å². The molecule has 0 bridgehead atoms. The molecule has 0 aromatic carbocycles. The molecule has 64 valence electrons. The summed E-state index contributed by atoms with van der Waals surface area (Å²) in [5.41, 5.74) is 1.11. The van der Waals surface area contributed by atoms with Crippen LogP contribution >= 0.6 is 0 Å². The predicted molar refractivity (Wildman–Crippen MR) is 46.1 cm³/mol. The van der Waals surface area contributed by atoms with E-state index in [1.54, 1.807) is 13.3 Å². The molecule has 0 radical (unpaired) electrons. The molecule has 1 fully saturated rings. The number of methoxy groups -OCH3 is 1. The Morgan fingerprint density at radius 3 is 2.83 bits per heavy atom. The van der Waals surface area contributed by atoms with Crippen LogP contribution in [0.1, 0.15) is 18.2 Å². The number of pyridine rings is 1. The third-order valence-corrected chi connectivity index (χ3v) is 2.18.